The number of carbonyl (C=O) groups is 3. The van der Waals surface area contributed by atoms with E-state index in [0.29, 0.717) is 19.3 Å². The van der Waals surface area contributed by atoms with Crippen LogP contribution in [0, 0.1) is 0 Å². The van der Waals surface area contributed by atoms with E-state index in [0.717, 1.165) is 116 Å². The molecule has 0 rings (SSSR count). The molecule has 0 N–H and O–H groups in total. The number of carbonyl (C=O) groups excluding carboxylic acids is 3. The number of allylic oxidation sites excluding steroid dienone is 14. The number of esters is 3. The zero-order valence-corrected chi connectivity index (χ0v) is 47.4. The van der Waals surface area contributed by atoms with Crippen LogP contribution in [0.1, 0.15) is 297 Å². The highest BCUT2D eigenvalue weighted by atomic mass is 16.6. The highest BCUT2D eigenvalue weighted by Gasteiger charge is 2.19. The van der Waals surface area contributed by atoms with Gasteiger partial charge in [0, 0.05) is 19.3 Å². The summed E-state index contributed by atoms with van der Waals surface area (Å²) < 4.78 is 16.8. The molecule has 0 spiro atoms. The maximum absolute atomic E-state index is 12.8. The SMILES string of the molecule is CC/C=C\C/C=C\C/C=C\C/C=C\C/C=C\CCCCCCCCCCCCCCCCCCCC(=O)OCC(COC(=O)CCCCCCC/C=C\CCC)OC(=O)CCCCCCC/C=C\CCCC. The van der Waals surface area contributed by atoms with E-state index in [9.17, 15) is 14.4 Å². The highest BCUT2D eigenvalue weighted by molar-refractivity contribution is 5.71. The lowest BCUT2D eigenvalue weighted by atomic mass is 10.0. The van der Waals surface area contributed by atoms with E-state index in [1.54, 1.807) is 0 Å². The van der Waals surface area contributed by atoms with Crippen molar-refractivity contribution in [3.63, 3.8) is 0 Å². The van der Waals surface area contributed by atoms with Gasteiger partial charge >= 0.3 is 17.9 Å². The topological polar surface area (TPSA) is 78.9 Å². The van der Waals surface area contributed by atoms with Gasteiger partial charge in [0.05, 0.1) is 0 Å². The van der Waals surface area contributed by atoms with Crippen molar-refractivity contribution in [3.05, 3.63) is 85.1 Å². The Morgan fingerprint density at radius 1 is 0.292 bits per heavy atom. The smallest absolute Gasteiger partial charge is 0.306 e. The summed E-state index contributed by atoms with van der Waals surface area (Å²) in [6.07, 6.45) is 79.0. The van der Waals surface area contributed by atoms with Crippen molar-refractivity contribution >= 4 is 17.9 Å². The van der Waals surface area contributed by atoms with Crippen LogP contribution in [-0.2, 0) is 28.6 Å². The molecule has 0 amide bonds. The first-order valence-electron chi connectivity index (χ1n) is 30.6. The molecule has 0 aromatic rings. The molecule has 0 bridgehead atoms. The van der Waals surface area contributed by atoms with E-state index in [-0.39, 0.29) is 31.1 Å². The van der Waals surface area contributed by atoms with E-state index in [4.69, 9.17) is 14.2 Å². The molecular formula is C66H114O6. The number of hydrogen-bond donors (Lipinski definition) is 0. The van der Waals surface area contributed by atoms with Crippen molar-refractivity contribution in [2.45, 2.75) is 303 Å². The molecular weight excluding hydrogens is 889 g/mol. The summed E-state index contributed by atoms with van der Waals surface area (Å²) in [4.78, 5) is 38.0. The standard InChI is InChI=1S/C66H114O6/c1-4-7-10-13-16-19-22-23-24-25-26-27-28-29-30-31-32-33-34-35-36-37-38-39-40-41-42-43-45-47-50-53-56-59-65(68)71-62-63(61-70-64(67)58-55-52-49-46-21-18-15-12-9-6-3)72-66(69)60-57-54-51-48-44-20-17-14-11-8-5-2/h7,10,12,14-17,19,23-24,26-27,29-30,63H,4-6,8-9,11,13,18,20-22,25,28,31-62H2,1-3H3/b10-7-,15-12-,17-14-,19-16-,24-23-,27-26-,30-29-. The van der Waals surface area contributed by atoms with Crippen LogP contribution in [0.5, 0.6) is 0 Å². The van der Waals surface area contributed by atoms with Gasteiger partial charge in [0.25, 0.3) is 0 Å². The van der Waals surface area contributed by atoms with E-state index in [1.165, 1.54) is 141 Å². The first-order chi connectivity index (χ1) is 35.5. The Balaban J connectivity index is 4.03. The van der Waals surface area contributed by atoms with Gasteiger partial charge in [-0.25, -0.2) is 0 Å². The van der Waals surface area contributed by atoms with Crippen LogP contribution >= 0.6 is 0 Å². The maximum atomic E-state index is 12.8. The Bertz CT molecular complexity index is 1380. The summed E-state index contributed by atoms with van der Waals surface area (Å²) in [5.74, 6) is -0.894. The van der Waals surface area contributed by atoms with Crippen molar-refractivity contribution in [2.24, 2.45) is 0 Å². The fourth-order valence-electron chi connectivity index (χ4n) is 8.51. The van der Waals surface area contributed by atoms with Crippen molar-refractivity contribution in [1.82, 2.24) is 0 Å². The fraction of sp³-hybridized carbons (Fsp3) is 0.742. The lowest BCUT2D eigenvalue weighted by molar-refractivity contribution is -0.167. The van der Waals surface area contributed by atoms with Crippen LogP contribution < -0.4 is 0 Å². The molecule has 6 heteroatoms. The molecule has 0 aliphatic carbocycles. The Morgan fingerprint density at radius 2 is 0.569 bits per heavy atom. The number of ether oxygens (including phenoxy) is 3. The third-order valence-electron chi connectivity index (χ3n) is 13.1. The third kappa shape index (κ3) is 57.5. The second-order valence-corrected chi connectivity index (χ2v) is 20.2. The van der Waals surface area contributed by atoms with Crippen LogP contribution in [-0.4, -0.2) is 37.2 Å². The number of rotatable bonds is 55. The maximum Gasteiger partial charge on any atom is 0.306 e. The molecule has 1 atom stereocenters. The van der Waals surface area contributed by atoms with Gasteiger partial charge in [-0.05, 0) is 103 Å². The molecule has 0 aliphatic rings. The normalized spacial score (nSPS) is 12.7. The molecule has 0 radical (unpaired) electrons. The molecule has 0 saturated heterocycles. The average molecular weight is 1000 g/mol. The van der Waals surface area contributed by atoms with Gasteiger partial charge in [-0.2, -0.15) is 0 Å². The van der Waals surface area contributed by atoms with Crippen molar-refractivity contribution in [1.29, 1.82) is 0 Å². The van der Waals surface area contributed by atoms with Gasteiger partial charge in [-0.1, -0.05) is 260 Å². The monoisotopic (exact) mass is 1000 g/mol. The van der Waals surface area contributed by atoms with Crippen LogP contribution in [0.3, 0.4) is 0 Å². The zero-order valence-electron chi connectivity index (χ0n) is 47.4. The minimum atomic E-state index is -0.780. The van der Waals surface area contributed by atoms with E-state index in [1.807, 2.05) is 0 Å². The molecule has 0 heterocycles. The summed E-state index contributed by atoms with van der Waals surface area (Å²) in [5.41, 5.74) is 0. The summed E-state index contributed by atoms with van der Waals surface area (Å²) in [6, 6.07) is 0. The lowest BCUT2D eigenvalue weighted by Gasteiger charge is -2.18. The third-order valence-corrected chi connectivity index (χ3v) is 13.1. The van der Waals surface area contributed by atoms with Gasteiger partial charge in [-0.3, -0.25) is 14.4 Å². The molecule has 0 aromatic carbocycles. The quantitative estimate of drug-likeness (QED) is 0.0261. The Labute approximate surface area is 445 Å². The fourth-order valence-corrected chi connectivity index (χ4v) is 8.51. The highest BCUT2D eigenvalue weighted by Crippen LogP contribution is 2.16. The number of unbranched alkanes of at least 4 members (excludes halogenated alkanes) is 30. The first-order valence-corrected chi connectivity index (χ1v) is 30.6. The van der Waals surface area contributed by atoms with E-state index < -0.39 is 6.10 Å². The molecule has 0 fully saturated rings. The summed E-state index contributed by atoms with van der Waals surface area (Å²) >= 11 is 0. The Kier molecular flexibility index (Phi) is 57.3. The van der Waals surface area contributed by atoms with Crippen LogP contribution in [0.4, 0.5) is 0 Å². The summed E-state index contributed by atoms with van der Waals surface area (Å²) in [6.45, 7) is 6.42. The zero-order chi connectivity index (χ0) is 52.2. The first kappa shape index (κ1) is 68.6. The predicted molar refractivity (Wildman–Crippen MR) is 311 cm³/mol. The second kappa shape index (κ2) is 60.1. The summed E-state index contributed by atoms with van der Waals surface area (Å²) in [7, 11) is 0. The second-order valence-electron chi connectivity index (χ2n) is 20.2. The van der Waals surface area contributed by atoms with Crippen molar-refractivity contribution in [2.75, 3.05) is 13.2 Å². The van der Waals surface area contributed by atoms with Crippen molar-refractivity contribution < 1.29 is 28.6 Å². The minimum absolute atomic E-state index is 0.0796. The minimum Gasteiger partial charge on any atom is -0.462 e. The molecule has 0 aliphatic heterocycles. The van der Waals surface area contributed by atoms with Gasteiger partial charge in [-0.15, -0.1) is 0 Å². The van der Waals surface area contributed by atoms with E-state index in [2.05, 4.69) is 106 Å². The van der Waals surface area contributed by atoms with Gasteiger partial charge in [0.15, 0.2) is 6.10 Å². The number of hydrogen-bond acceptors (Lipinski definition) is 6. The largest absolute Gasteiger partial charge is 0.462 e. The summed E-state index contributed by atoms with van der Waals surface area (Å²) in [5, 5.41) is 0. The van der Waals surface area contributed by atoms with Gasteiger partial charge in [0.2, 0.25) is 0 Å². The average Bonchev–Trinajstić information content (AvgIpc) is 3.38. The molecule has 0 saturated carbocycles. The predicted octanol–water partition coefficient (Wildman–Crippen LogP) is 20.7. The molecule has 1 unspecified atom stereocenters. The molecule has 72 heavy (non-hydrogen) atoms. The van der Waals surface area contributed by atoms with Crippen LogP contribution in [0.15, 0.2) is 85.1 Å². The van der Waals surface area contributed by atoms with Crippen LogP contribution in [0.25, 0.3) is 0 Å². The Hall–Kier alpha value is -3.41. The molecule has 0 aromatic heterocycles. The lowest BCUT2D eigenvalue weighted by Crippen LogP contribution is -2.30. The van der Waals surface area contributed by atoms with Crippen LogP contribution in [0.2, 0.25) is 0 Å². The Morgan fingerprint density at radius 3 is 0.917 bits per heavy atom. The molecule has 414 valence electrons. The molecule has 6 nitrogen and oxygen atoms in total. The van der Waals surface area contributed by atoms with Gasteiger partial charge < -0.3 is 14.2 Å². The van der Waals surface area contributed by atoms with Gasteiger partial charge in [0.1, 0.15) is 13.2 Å². The van der Waals surface area contributed by atoms with Crippen molar-refractivity contribution in [3.8, 4) is 0 Å². The van der Waals surface area contributed by atoms with E-state index >= 15 is 0 Å².